The van der Waals surface area contributed by atoms with Gasteiger partial charge in [-0.2, -0.15) is 0 Å². The van der Waals surface area contributed by atoms with Gasteiger partial charge in [-0.25, -0.2) is 0 Å². The van der Waals surface area contributed by atoms with E-state index in [-0.39, 0.29) is 0 Å². The number of aromatic nitrogens is 2. The summed E-state index contributed by atoms with van der Waals surface area (Å²) in [6.45, 7) is 0. The van der Waals surface area contributed by atoms with Crippen molar-refractivity contribution in [3.8, 4) is 44.8 Å². The topological polar surface area (TPSA) is 9.86 Å². The Hall–Kier alpha value is -10.8. The van der Waals surface area contributed by atoms with Crippen molar-refractivity contribution in [2.24, 2.45) is 0 Å². The molecule has 0 saturated carbocycles. The van der Waals surface area contributed by atoms with Gasteiger partial charge in [-0.3, -0.25) is 0 Å². The van der Waals surface area contributed by atoms with Crippen LogP contribution in [0.4, 0.5) is 0 Å². The van der Waals surface area contributed by atoms with Crippen LogP contribution >= 0.6 is 11.3 Å². The quantitative estimate of drug-likeness (QED) is 0.116. The van der Waals surface area contributed by atoms with Crippen molar-refractivity contribution < 1.29 is 0 Å². The summed E-state index contributed by atoms with van der Waals surface area (Å²) in [6.07, 6.45) is 2.44. The highest BCUT2D eigenvalue weighted by Crippen LogP contribution is 2.64. The molecule has 3 aromatic heterocycles. The molecule has 14 aromatic carbocycles. The van der Waals surface area contributed by atoms with Gasteiger partial charge in [0.05, 0.1) is 27.5 Å². The number of para-hydroxylation sites is 2. The molecule has 0 aliphatic heterocycles. The third-order valence-electron chi connectivity index (χ3n) is 19.1. The number of hydrogen-bond acceptors (Lipinski definition) is 1. The van der Waals surface area contributed by atoms with Crippen LogP contribution in [-0.2, 0) is 5.41 Å². The molecule has 0 atom stereocenters. The Kier molecular flexibility index (Phi) is 10.0. The zero-order chi connectivity index (χ0) is 56.2. The fourth-order valence-corrected chi connectivity index (χ4v) is 16.7. The lowest BCUT2D eigenvalue weighted by molar-refractivity contribution is 0.796. The van der Waals surface area contributed by atoms with E-state index < -0.39 is 5.41 Å². The molecule has 0 N–H and O–H groups in total. The van der Waals surface area contributed by atoms with E-state index in [0.29, 0.717) is 0 Å². The number of fused-ring (bicyclic) bond motifs is 24. The molecular formula is C83H50N2S. The highest BCUT2D eigenvalue weighted by Gasteiger charge is 2.52. The molecule has 398 valence electrons. The van der Waals surface area contributed by atoms with E-state index in [2.05, 4.69) is 312 Å². The summed E-state index contributed by atoms with van der Waals surface area (Å²) in [7, 11) is 0. The van der Waals surface area contributed by atoms with Gasteiger partial charge in [0.1, 0.15) is 0 Å². The second-order valence-electron chi connectivity index (χ2n) is 23.4. The van der Waals surface area contributed by atoms with Gasteiger partial charge in [0, 0.05) is 58.5 Å². The molecule has 86 heavy (non-hydrogen) atoms. The predicted octanol–water partition coefficient (Wildman–Crippen LogP) is 22.2. The van der Waals surface area contributed by atoms with Gasteiger partial charge < -0.3 is 9.13 Å². The molecule has 0 unspecified atom stereocenters. The molecule has 19 rings (SSSR count). The van der Waals surface area contributed by atoms with E-state index in [0.717, 1.165) is 33.6 Å². The SMILES string of the molecule is C(=C(c1ccc(-c2cccc3c2C2(c4ccccc4-c4ccccc42)c2ccccc2-3)cc1)c1ccc2c3ccccc3n(-c3ccccc3)c2c1)c1ccc2c3c4ccccc4c4ccccc4c3n(-c3ccc4sc5ccccc5c4c3)c2c1. The number of thiophene rings is 1. The summed E-state index contributed by atoms with van der Waals surface area (Å²) in [5.41, 5.74) is 24.2. The predicted molar refractivity (Wildman–Crippen MR) is 365 cm³/mol. The summed E-state index contributed by atoms with van der Waals surface area (Å²) in [6, 6.07) is 112. The summed E-state index contributed by atoms with van der Waals surface area (Å²) in [4.78, 5) is 0. The zero-order valence-electron chi connectivity index (χ0n) is 46.7. The highest BCUT2D eigenvalue weighted by atomic mass is 32.1. The Balaban J connectivity index is 0.854. The number of benzene rings is 14. The van der Waals surface area contributed by atoms with E-state index in [4.69, 9.17) is 0 Å². The average molecular weight is 1110 g/mol. The van der Waals surface area contributed by atoms with Crippen LogP contribution in [0.15, 0.2) is 297 Å². The molecule has 0 bridgehead atoms. The molecule has 2 nitrogen and oxygen atoms in total. The smallest absolute Gasteiger partial charge is 0.0731 e. The van der Waals surface area contributed by atoms with Gasteiger partial charge in [0.2, 0.25) is 0 Å². The Labute approximate surface area is 500 Å². The van der Waals surface area contributed by atoms with E-state index in [1.54, 1.807) is 0 Å². The van der Waals surface area contributed by atoms with E-state index in [9.17, 15) is 0 Å². The van der Waals surface area contributed by atoms with Crippen LogP contribution < -0.4 is 0 Å². The second kappa shape index (κ2) is 18.1. The first-order chi connectivity index (χ1) is 42.7. The molecule has 17 aromatic rings. The van der Waals surface area contributed by atoms with E-state index in [1.165, 1.54) is 141 Å². The maximum Gasteiger partial charge on any atom is 0.0731 e. The van der Waals surface area contributed by atoms with Gasteiger partial charge in [0.25, 0.3) is 0 Å². The van der Waals surface area contributed by atoms with Gasteiger partial charge in [0.15, 0.2) is 0 Å². The molecule has 0 amide bonds. The summed E-state index contributed by atoms with van der Waals surface area (Å²) in [5, 5.41) is 12.6. The average Bonchev–Trinajstić information content (AvgIpc) is 1.52. The number of nitrogens with zero attached hydrogens (tertiary/aromatic N) is 2. The number of hydrogen-bond donors (Lipinski definition) is 0. The third kappa shape index (κ3) is 6.55. The Morgan fingerprint density at radius 2 is 0.860 bits per heavy atom. The van der Waals surface area contributed by atoms with E-state index in [1.807, 2.05) is 11.3 Å². The lowest BCUT2D eigenvalue weighted by Gasteiger charge is -2.32. The molecule has 0 radical (unpaired) electrons. The van der Waals surface area contributed by atoms with Crippen molar-refractivity contribution >= 4 is 108 Å². The Morgan fingerprint density at radius 1 is 0.314 bits per heavy atom. The van der Waals surface area contributed by atoms with Crippen LogP contribution in [0.2, 0.25) is 0 Å². The van der Waals surface area contributed by atoms with Gasteiger partial charge >= 0.3 is 0 Å². The highest BCUT2D eigenvalue weighted by molar-refractivity contribution is 7.25. The van der Waals surface area contributed by atoms with Crippen molar-refractivity contribution in [3.63, 3.8) is 0 Å². The standard InChI is InChI=1S/C83H50N2S/c1-2-19-55(20-3-1)84-75-35-16-11-26-63(75)64-45-42-54(49-77(64)84)70(53-40-38-52(39-41-53)57-30-18-31-67-62-25-10-15-34-74(62)83(81(57)67)72-32-13-8-23-60(72)61-24-9-14-33-73(61)83)47-51-37-44-69-76(48-51)85(56-43-46-79-71(50-56)65-27-12-17-36-78(65)86-79)82-68-29-7-5-22-59(68)58-21-4-6-28-66(58)80(69)82/h1-50H. The van der Waals surface area contributed by atoms with Gasteiger partial charge in [-0.05, 0) is 155 Å². The van der Waals surface area contributed by atoms with Crippen LogP contribution in [0.25, 0.3) is 142 Å². The third-order valence-corrected chi connectivity index (χ3v) is 20.3. The van der Waals surface area contributed by atoms with Crippen molar-refractivity contribution in [2.45, 2.75) is 5.41 Å². The Morgan fingerprint density at radius 3 is 1.62 bits per heavy atom. The maximum absolute atomic E-state index is 2.56. The van der Waals surface area contributed by atoms with Crippen molar-refractivity contribution in [1.29, 1.82) is 0 Å². The molecule has 0 fully saturated rings. The lowest BCUT2D eigenvalue weighted by atomic mass is 9.68. The maximum atomic E-state index is 2.56. The summed E-state index contributed by atoms with van der Waals surface area (Å²) < 4.78 is 7.60. The largest absolute Gasteiger partial charge is 0.309 e. The summed E-state index contributed by atoms with van der Waals surface area (Å²) >= 11 is 1.87. The van der Waals surface area contributed by atoms with Crippen LogP contribution in [0.1, 0.15) is 38.9 Å². The van der Waals surface area contributed by atoms with Crippen molar-refractivity contribution in [2.75, 3.05) is 0 Å². The molecular weight excluding hydrogens is 1060 g/mol. The first-order valence-corrected chi connectivity index (χ1v) is 30.6. The fourth-order valence-electron chi connectivity index (χ4n) is 15.6. The molecule has 1 spiro atoms. The van der Waals surface area contributed by atoms with Gasteiger partial charge in [-0.15, -0.1) is 11.3 Å². The van der Waals surface area contributed by atoms with Gasteiger partial charge in [-0.1, -0.05) is 243 Å². The number of rotatable bonds is 6. The van der Waals surface area contributed by atoms with Crippen LogP contribution in [-0.4, -0.2) is 9.13 Å². The van der Waals surface area contributed by atoms with Crippen LogP contribution in [0, 0.1) is 0 Å². The Bertz CT molecular complexity index is 5710. The normalized spacial score (nSPS) is 13.3. The minimum absolute atomic E-state index is 0.463. The fraction of sp³-hybridized carbons (Fsp3) is 0.0120. The molecule has 2 aliphatic carbocycles. The first kappa shape index (κ1) is 47.6. The zero-order valence-corrected chi connectivity index (χ0v) is 47.5. The monoisotopic (exact) mass is 1110 g/mol. The minimum atomic E-state index is -0.463. The summed E-state index contributed by atoms with van der Waals surface area (Å²) in [5.74, 6) is 0. The molecule has 3 heteroatoms. The molecule has 2 aliphatic rings. The van der Waals surface area contributed by atoms with E-state index >= 15 is 0 Å². The molecule has 3 heterocycles. The van der Waals surface area contributed by atoms with Crippen molar-refractivity contribution in [3.05, 3.63) is 336 Å². The lowest BCUT2D eigenvalue weighted by Crippen LogP contribution is -2.26. The van der Waals surface area contributed by atoms with Crippen molar-refractivity contribution in [1.82, 2.24) is 9.13 Å². The first-order valence-electron chi connectivity index (χ1n) is 29.8. The van der Waals surface area contributed by atoms with Crippen LogP contribution in [0.5, 0.6) is 0 Å². The van der Waals surface area contributed by atoms with Crippen LogP contribution in [0.3, 0.4) is 0 Å². The molecule has 0 saturated heterocycles. The minimum Gasteiger partial charge on any atom is -0.309 e. The second-order valence-corrected chi connectivity index (χ2v) is 24.5.